The van der Waals surface area contributed by atoms with Crippen LogP contribution < -0.4 is 5.01 Å². The van der Waals surface area contributed by atoms with Crippen LogP contribution in [0.3, 0.4) is 0 Å². The smallest absolute Gasteiger partial charge is 0.321 e. The number of hydrazone groups is 1. The van der Waals surface area contributed by atoms with Crippen LogP contribution in [0.4, 0.5) is 5.69 Å². The zero-order valence-corrected chi connectivity index (χ0v) is 8.57. The molecule has 0 spiro atoms. The average Bonchev–Trinajstić information content (AvgIpc) is 2.71. The van der Waals surface area contributed by atoms with Crippen molar-refractivity contribution in [2.75, 3.05) is 5.01 Å². The molecule has 1 aromatic rings. The minimum Gasteiger partial charge on any atom is -0.480 e. The molecule has 0 aromatic heterocycles. The van der Waals surface area contributed by atoms with Crippen molar-refractivity contribution >= 4 is 23.8 Å². The summed E-state index contributed by atoms with van der Waals surface area (Å²) in [5.41, 5.74) is 0.762. The Bertz CT molecular complexity index is 559. The fraction of sp³-hybridized carbons (Fsp3) is 0.0909. The van der Waals surface area contributed by atoms with Crippen molar-refractivity contribution in [1.82, 2.24) is 0 Å². The Morgan fingerprint density at radius 3 is 2.88 bits per heavy atom. The molecule has 6 heteroatoms. The van der Waals surface area contributed by atoms with Crippen molar-refractivity contribution in [3.8, 4) is 6.07 Å². The quantitative estimate of drug-likeness (QED) is 0.751. The number of rotatable bonds is 2. The molecule has 1 aliphatic rings. The third kappa shape index (κ3) is 1.86. The van der Waals surface area contributed by atoms with E-state index in [0.717, 1.165) is 11.2 Å². The van der Waals surface area contributed by atoms with E-state index in [0.29, 0.717) is 11.3 Å². The average molecular weight is 229 g/mol. The minimum absolute atomic E-state index is 0.379. The third-order valence-electron chi connectivity index (χ3n) is 2.29. The standard InChI is InChI=1S/C11H7N3O3/c12-5-7-2-1-3-8(4-7)14-10(15)9(6-13-14)11(16)17/h1-4,6,9H,(H,16,17). The van der Waals surface area contributed by atoms with Crippen LogP contribution in [0.25, 0.3) is 0 Å². The van der Waals surface area contributed by atoms with Crippen LogP contribution in [0.5, 0.6) is 0 Å². The van der Waals surface area contributed by atoms with E-state index in [1.807, 2.05) is 6.07 Å². The van der Waals surface area contributed by atoms with E-state index >= 15 is 0 Å². The summed E-state index contributed by atoms with van der Waals surface area (Å²) in [7, 11) is 0. The van der Waals surface area contributed by atoms with Gasteiger partial charge in [-0.1, -0.05) is 6.07 Å². The Morgan fingerprint density at radius 1 is 1.53 bits per heavy atom. The summed E-state index contributed by atoms with van der Waals surface area (Å²) in [5.74, 6) is -3.12. The van der Waals surface area contributed by atoms with E-state index < -0.39 is 17.8 Å². The van der Waals surface area contributed by atoms with Crippen molar-refractivity contribution in [2.45, 2.75) is 0 Å². The van der Waals surface area contributed by atoms with Gasteiger partial charge in [-0.05, 0) is 18.2 Å². The monoisotopic (exact) mass is 229 g/mol. The molecule has 1 heterocycles. The molecule has 1 aliphatic heterocycles. The Hall–Kier alpha value is -2.68. The van der Waals surface area contributed by atoms with Gasteiger partial charge in [0.05, 0.1) is 17.3 Å². The molecule has 1 aromatic carbocycles. The van der Waals surface area contributed by atoms with Crippen LogP contribution in [-0.2, 0) is 9.59 Å². The summed E-state index contributed by atoms with van der Waals surface area (Å²) in [4.78, 5) is 22.4. The first-order valence-corrected chi connectivity index (χ1v) is 4.74. The first-order chi connectivity index (χ1) is 8.13. The number of aliphatic carboxylic acids is 1. The highest BCUT2D eigenvalue weighted by Gasteiger charge is 2.35. The molecule has 2 rings (SSSR count). The van der Waals surface area contributed by atoms with Crippen molar-refractivity contribution in [3.63, 3.8) is 0 Å². The second kappa shape index (κ2) is 4.06. The molecule has 0 saturated heterocycles. The van der Waals surface area contributed by atoms with Gasteiger partial charge < -0.3 is 5.11 Å². The van der Waals surface area contributed by atoms with E-state index in [2.05, 4.69) is 5.10 Å². The molecule has 0 radical (unpaired) electrons. The minimum atomic E-state index is -1.25. The third-order valence-corrected chi connectivity index (χ3v) is 2.29. The number of nitrogens with zero attached hydrogens (tertiary/aromatic N) is 3. The lowest BCUT2D eigenvalue weighted by Gasteiger charge is -2.12. The van der Waals surface area contributed by atoms with Crippen LogP contribution in [0.1, 0.15) is 5.56 Å². The molecule has 6 nitrogen and oxygen atoms in total. The van der Waals surface area contributed by atoms with Crippen LogP contribution in [0, 0.1) is 17.2 Å². The Kier molecular flexibility index (Phi) is 2.58. The second-order valence-electron chi connectivity index (χ2n) is 3.39. The normalized spacial score (nSPS) is 18.2. The van der Waals surface area contributed by atoms with Crippen molar-refractivity contribution in [3.05, 3.63) is 29.8 Å². The molecule has 1 atom stereocenters. The number of benzene rings is 1. The molecule has 0 saturated carbocycles. The first kappa shape index (κ1) is 10.8. The number of carbonyl (C=O) groups is 2. The molecule has 84 valence electrons. The van der Waals surface area contributed by atoms with Gasteiger partial charge in [-0.2, -0.15) is 15.4 Å². The number of hydrogen-bond acceptors (Lipinski definition) is 4. The van der Waals surface area contributed by atoms with Gasteiger partial charge in [0.2, 0.25) is 0 Å². The van der Waals surface area contributed by atoms with Gasteiger partial charge in [0.15, 0.2) is 5.92 Å². The van der Waals surface area contributed by atoms with E-state index in [4.69, 9.17) is 10.4 Å². The largest absolute Gasteiger partial charge is 0.480 e. The van der Waals surface area contributed by atoms with E-state index in [1.54, 1.807) is 18.2 Å². The van der Waals surface area contributed by atoms with Crippen LogP contribution in [0.2, 0.25) is 0 Å². The van der Waals surface area contributed by atoms with Crippen molar-refractivity contribution in [1.29, 1.82) is 5.26 Å². The predicted octanol–water partition coefficient (Wildman–Crippen LogP) is 0.591. The molecule has 1 N–H and O–H groups in total. The van der Waals surface area contributed by atoms with Gasteiger partial charge in [0.25, 0.3) is 5.91 Å². The zero-order chi connectivity index (χ0) is 12.4. The Morgan fingerprint density at radius 2 is 2.29 bits per heavy atom. The van der Waals surface area contributed by atoms with Gasteiger partial charge in [-0.3, -0.25) is 9.59 Å². The predicted molar refractivity (Wildman–Crippen MR) is 58.3 cm³/mol. The summed E-state index contributed by atoms with van der Waals surface area (Å²) in [6, 6.07) is 8.18. The topological polar surface area (TPSA) is 93.8 Å². The maximum Gasteiger partial charge on any atom is 0.321 e. The van der Waals surface area contributed by atoms with E-state index in [1.165, 1.54) is 6.07 Å². The molecule has 1 unspecified atom stereocenters. The van der Waals surface area contributed by atoms with Crippen molar-refractivity contribution < 1.29 is 14.7 Å². The summed E-state index contributed by atoms with van der Waals surface area (Å²) in [6.45, 7) is 0. The Balaban J connectivity index is 2.32. The summed E-state index contributed by atoms with van der Waals surface area (Å²) in [6.07, 6.45) is 1.07. The van der Waals surface area contributed by atoms with Crippen LogP contribution in [0.15, 0.2) is 29.4 Å². The fourth-order valence-electron chi connectivity index (χ4n) is 1.46. The molecule has 0 aliphatic carbocycles. The number of carboxylic acid groups (broad SMARTS) is 1. The lowest BCUT2D eigenvalue weighted by atomic mass is 10.1. The maximum absolute atomic E-state index is 11.7. The van der Waals surface area contributed by atoms with Gasteiger partial charge in [-0.15, -0.1) is 0 Å². The molecular formula is C11H7N3O3. The number of carbonyl (C=O) groups excluding carboxylic acids is 1. The van der Waals surface area contributed by atoms with E-state index in [-0.39, 0.29) is 0 Å². The van der Waals surface area contributed by atoms with Crippen molar-refractivity contribution in [2.24, 2.45) is 11.0 Å². The molecular weight excluding hydrogens is 222 g/mol. The lowest BCUT2D eigenvalue weighted by Crippen LogP contribution is -2.30. The van der Waals surface area contributed by atoms with Crippen LogP contribution in [-0.4, -0.2) is 23.2 Å². The SMILES string of the molecule is N#Cc1cccc(N2N=CC(C(=O)O)C2=O)c1. The van der Waals surface area contributed by atoms with Gasteiger partial charge in [0.1, 0.15) is 0 Å². The zero-order valence-electron chi connectivity index (χ0n) is 8.57. The highest BCUT2D eigenvalue weighted by molar-refractivity contribution is 6.19. The molecule has 1 amide bonds. The van der Waals surface area contributed by atoms with E-state index in [9.17, 15) is 9.59 Å². The molecule has 0 bridgehead atoms. The van der Waals surface area contributed by atoms with Crippen LogP contribution >= 0.6 is 0 Å². The molecule has 0 fully saturated rings. The highest BCUT2D eigenvalue weighted by Crippen LogP contribution is 2.21. The number of carboxylic acids is 1. The fourth-order valence-corrected chi connectivity index (χ4v) is 1.46. The number of amides is 1. The molecule has 17 heavy (non-hydrogen) atoms. The first-order valence-electron chi connectivity index (χ1n) is 4.74. The van der Waals surface area contributed by atoms with Gasteiger partial charge >= 0.3 is 5.97 Å². The number of nitriles is 1. The Labute approximate surface area is 96.4 Å². The lowest BCUT2D eigenvalue weighted by molar-refractivity contribution is -0.142. The van der Waals surface area contributed by atoms with Gasteiger partial charge in [-0.25, -0.2) is 0 Å². The maximum atomic E-state index is 11.7. The number of hydrogen-bond donors (Lipinski definition) is 1. The van der Waals surface area contributed by atoms with Gasteiger partial charge in [0, 0.05) is 6.21 Å². The highest BCUT2D eigenvalue weighted by atomic mass is 16.4. The second-order valence-corrected chi connectivity index (χ2v) is 3.39. The summed E-state index contributed by atoms with van der Waals surface area (Å²) < 4.78 is 0. The number of anilines is 1. The summed E-state index contributed by atoms with van der Waals surface area (Å²) >= 11 is 0. The summed E-state index contributed by atoms with van der Waals surface area (Å²) in [5, 5.41) is 22.2.